The quantitative estimate of drug-likeness (QED) is 0.533. The van der Waals surface area contributed by atoms with Crippen LogP contribution in [0.1, 0.15) is 12.8 Å². The largest absolute Gasteiger partial charge is 0.371 e. The number of rotatable bonds is 0. The van der Waals surface area contributed by atoms with E-state index in [4.69, 9.17) is 10.5 Å². The third kappa shape index (κ3) is 1.18. The molecule has 0 bridgehead atoms. The highest BCUT2D eigenvalue weighted by atomic mass is 16.5. The molecule has 0 atom stereocenters. The number of nitrogens with zero attached hydrogens (tertiary/aromatic N) is 1. The van der Waals surface area contributed by atoms with E-state index in [0.29, 0.717) is 19.7 Å². The van der Waals surface area contributed by atoms with Gasteiger partial charge in [0.15, 0.2) is 0 Å². The van der Waals surface area contributed by atoms with Crippen LogP contribution in [0.4, 0.5) is 4.79 Å². The number of ether oxygens (including phenoxy) is 1. The van der Waals surface area contributed by atoms with Crippen molar-refractivity contribution < 1.29 is 9.53 Å². The lowest BCUT2D eigenvalue weighted by Crippen LogP contribution is -2.48. The number of morpholine rings is 1. The minimum absolute atomic E-state index is 0.00722. The first-order chi connectivity index (χ1) is 5.22. The Balaban J connectivity index is 1.98. The van der Waals surface area contributed by atoms with Crippen molar-refractivity contribution in [2.75, 3.05) is 19.7 Å². The van der Waals surface area contributed by atoms with Gasteiger partial charge in [-0.1, -0.05) is 0 Å². The molecular formula is C7H12N2O2. The monoisotopic (exact) mass is 156 g/mol. The average molecular weight is 156 g/mol. The molecule has 11 heavy (non-hydrogen) atoms. The molecule has 4 nitrogen and oxygen atoms in total. The Kier molecular flexibility index (Phi) is 1.32. The lowest BCUT2D eigenvalue weighted by atomic mass is 10.2. The minimum Gasteiger partial charge on any atom is -0.371 e. The van der Waals surface area contributed by atoms with Gasteiger partial charge in [0.1, 0.15) is 0 Å². The molecule has 2 fully saturated rings. The highest BCUT2D eigenvalue weighted by Gasteiger charge is 2.48. The van der Waals surface area contributed by atoms with Crippen molar-refractivity contribution >= 4 is 6.03 Å². The Morgan fingerprint density at radius 3 is 2.82 bits per heavy atom. The van der Waals surface area contributed by atoms with Crippen LogP contribution in [0.5, 0.6) is 0 Å². The number of carbonyl (C=O) groups is 1. The summed E-state index contributed by atoms with van der Waals surface area (Å²) in [5, 5.41) is 0. The summed E-state index contributed by atoms with van der Waals surface area (Å²) in [6.45, 7) is 1.99. The van der Waals surface area contributed by atoms with Crippen LogP contribution in [0, 0.1) is 0 Å². The normalized spacial score (nSPS) is 27.1. The van der Waals surface area contributed by atoms with Crippen molar-refractivity contribution in [3.63, 3.8) is 0 Å². The Hall–Kier alpha value is -0.770. The standard InChI is InChI=1S/C7H12N2O2/c8-6(10)9-3-4-11-7(5-9)1-2-7/h1-5H2,(H2,8,10). The zero-order valence-corrected chi connectivity index (χ0v) is 6.38. The Morgan fingerprint density at radius 1 is 1.55 bits per heavy atom. The van der Waals surface area contributed by atoms with Gasteiger partial charge in [-0.15, -0.1) is 0 Å². The molecule has 1 spiro atoms. The molecule has 1 aliphatic heterocycles. The molecule has 0 aromatic heterocycles. The number of nitrogens with two attached hydrogens (primary N) is 1. The maximum Gasteiger partial charge on any atom is 0.314 e. The lowest BCUT2D eigenvalue weighted by molar-refractivity contribution is -0.0307. The minimum atomic E-state index is -0.320. The molecule has 2 amide bonds. The van der Waals surface area contributed by atoms with E-state index in [-0.39, 0.29) is 11.6 Å². The van der Waals surface area contributed by atoms with Gasteiger partial charge in [-0.25, -0.2) is 4.79 Å². The van der Waals surface area contributed by atoms with E-state index >= 15 is 0 Å². The van der Waals surface area contributed by atoms with Gasteiger partial charge >= 0.3 is 6.03 Å². The third-order valence-electron chi connectivity index (χ3n) is 2.37. The van der Waals surface area contributed by atoms with Crippen LogP contribution in [0.15, 0.2) is 0 Å². The predicted octanol–water partition coefficient (Wildman–Crippen LogP) is -0.0701. The molecule has 0 radical (unpaired) electrons. The second kappa shape index (κ2) is 2.11. The second-order valence-corrected chi connectivity index (χ2v) is 3.29. The number of urea groups is 1. The Labute approximate surface area is 65.3 Å². The van der Waals surface area contributed by atoms with Crippen molar-refractivity contribution in [3.8, 4) is 0 Å². The van der Waals surface area contributed by atoms with E-state index in [1.54, 1.807) is 4.90 Å². The van der Waals surface area contributed by atoms with Gasteiger partial charge in [-0.2, -0.15) is 0 Å². The van der Waals surface area contributed by atoms with Crippen LogP contribution in [-0.2, 0) is 4.74 Å². The molecule has 0 aromatic carbocycles. The number of amides is 2. The van der Waals surface area contributed by atoms with Crippen LogP contribution >= 0.6 is 0 Å². The highest BCUT2D eigenvalue weighted by molar-refractivity contribution is 5.72. The highest BCUT2D eigenvalue weighted by Crippen LogP contribution is 2.41. The van der Waals surface area contributed by atoms with Gasteiger partial charge in [0.25, 0.3) is 0 Å². The third-order valence-corrected chi connectivity index (χ3v) is 2.37. The first kappa shape index (κ1) is 6.91. The van der Waals surface area contributed by atoms with Crippen LogP contribution in [0.2, 0.25) is 0 Å². The summed E-state index contributed by atoms with van der Waals surface area (Å²) in [4.78, 5) is 12.4. The van der Waals surface area contributed by atoms with Crippen LogP contribution in [-0.4, -0.2) is 36.2 Å². The summed E-state index contributed by atoms with van der Waals surface area (Å²) in [6, 6.07) is -0.320. The van der Waals surface area contributed by atoms with Crippen LogP contribution in [0.3, 0.4) is 0 Å². The van der Waals surface area contributed by atoms with E-state index in [1.807, 2.05) is 0 Å². The molecular weight excluding hydrogens is 144 g/mol. The number of carbonyl (C=O) groups excluding carboxylic acids is 1. The van der Waals surface area contributed by atoms with E-state index in [1.165, 1.54) is 0 Å². The molecule has 1 heterocycles. The fourth-order valence-corrected chi connectivity index (χ4v) is 1.47. The molecule has 1 aliphatic carbocycles. The number of hydrogen-bond acceptors (Lipinski definition) is 2. The van der Waals surface area contributed by atoms with Crippen molar-refractivity contribution in [1.29, 1.82) is 0 Å². The van der Waals surface area contributed by atoms with Gasteiger partial charge in [0, 0.05) is 6.54 Å². The van der Waals surface area contributed by atoms with Crippen molar-refractivity contribution in [3.05, 3.63) is 0 Å². The first-order valence-corrected chi connectivity index (χ1v) is 3.90. The second-order valence-electron chi connectivity index (χ2n) is 3.29. The van der Waals surface area contributed by atoms with E-state index in [2.05, 4.69) is 0 Å². The number of primary amides is 1. The smallest absolute Gasteiger partial charge is 0.314 e. The van der Waals surface area contributed by atoms with E-state index in [9.17, 15) is 4.79 Å². The zero-order valence-electron chi connectivity index (χ0n) is 6.38. The summed E-state index contributed by atoms with van der Waals surface area (Å²) < 4.78 is 5.51. The number of hydrogen-bond donors (Lipinski definition) is 1. The topological polar surface area (TPSA) is 55.6 Å². The van der Waals surface area contributed by atoms with Crippen molar-refractivity contribution in [2.24, 2.45) is 5.73 Å². The van der Waals surface area contributed by atoms with Crippen molar-refractivity contribution in [2.45, 2.75) is 18.4 Å². The summed E-state index contributed by atoms with van der Waals surface area (Å²) >= 11 is 0. The van der Waals surface area contributed by atoms with Gasteiger partial charge in [-0.3, -0.25) is 0 Å². The van der Waals surface area contributed by atoms with Gasteiger partial charge in [-0.05, 0) is 12.8 Å². The fraction of sp³-hybridized carbons (Fsp3) is 0.857. The SMILES string of the molecule is NC(=O)N1CCOC2(CC2)C1. The van der Waals surface area contributed by atoms with Crippen molar-refractivity contribution in [1.82, 2.24) is 4.90 Å². The van der Waals surface area contributed by atoms with Gasteiger partial charge < -0.3 is 15.4 Å². The summed E-state index contributed by atoms with van der Waals surface area (Å²) in [7, 11) is 0. The molecule has 2 aliphatic rings. The molecule has 1 saturated heterocycles. The van der Waals surface area contributed by atoms with Gasteiger partial charge in [0.2, 0.25) is 0 Å². The van der Waals surface area contributed by atoms with Crippen LogP contribution < -0.4 is 5.73 Å². The van der Waals surface area contributed by atoms with E-state index < -0.39 is 0 Å². The first-order valence-electron chi connectivity index (χ1n) is 3.90. The van der Waals surface area contributed by atoms with E-state index in [0.717, 1.165) is 12.8 Å². The molecule has 0 unspecified atom stereocenters. The molecule has 0 aromatic rings. The Bertz CT molecular complexity index is 189. The molecule has 4 heteroatoms. The fourth-order valence-electron chi connectivity index (χ4n) is 1.47. The molecule has 2 N–H and O–H groups in total. The summed E-state index contributed by atoms with van der Waals surface area (Å²) in [5.74, 6) is 0. The summed E-state index contributed by atoms with van der Waals surface area (Å²) in [6.07, 6.45) is 2.16. The lowest BCUT2D eigenvalue weighted by Gasteiger charge is -2.31. The maximum absolute atomic E-state index is 10.8. The zero-order chi connectivity index (χ0) is 7.90. The van der Waals surface area contributed by atoms with Gasteiger partial charge in [0.05, 0.1) is 18.8 Å². The molecule has 2 rings (SSSR count). The Morgan fingerprint density at radius 2 is 2.27 bits per heavy atom. The average Bonchev–Trinajstić information content (AvgIpc) is 2.69. The predicted molar refractivity (Wildman–Crippen MR) is 39.1 cm³/mol. The summed E-state index contributed by atoms with van der Waals surface area (Å²) in [5.41, 5.74) is 5.15. The van der Waals surface area contributed by atoms with Crippen LogP contribution in [0.25, 0.3) is 0 Å². The molecule has 62 valence electrons. The molecule has 1 saturated carbocycles. The maximum atomic E-state index is 10.8.